The topological polar surface area (TPSA) is 32.3 Å². The lowest BCUT2D eigenvalue weighted by Crippen LogP contribution is -2.28. The monoisotopic (exact) mass is 177 g/mol. The molecule has 1 aliphatic rings. The molecule has 0 spiro atoms. The summed E-state index contributed by atoms with van der Waals surface area (Å²) < 4.78 is 0. The number of aliphatic hydroxyl groups is 1. The van der Waals surface area contributed by atoms with Crippen LogP contribution in [-0.2, 0) is 6.54 Å². The van der Waals surface area contributed by atoms with Crippen LogP contribution in [0.3, 0.4) is 0 Å². The van der Waals surface area contributed by atoms with Gasteiger partial charge in [-0.2, -0.15) is 0 Å². The predicted octanol–water partition coefficient (Wildman–Crippen LogP) is 1.26. The Morgan fingerprint density at radius 1 is 1.38 bits per heavy atom. The average Bonchev–Trinajstić information content (AvgIpc) is 2.19. The molecule has 1 unspecified atom stereocenters. The smallest absolute Gasteiger partial charge is 0.0437 e. The van der Waals surface area contributed by atoms with Crippen LogP contribution in [0.1, 0.15) is 23.5 Å². The molecule has 0 saturated carbocycles. The van der Waals surface area contributed by atoms with Gasteiger partial charge in [0.05, 0.1) is 0 Å². The van der Waals surface area contributed by atoms with Crippen LogP contribution in [0.25, 0.3) is 0 Å². The van der Waals surface area contributed by atoms with E-state index in [2.05, 4.69) is 29.6 Å². The van der Waals surface area contributed by atoms with Crippen molar-refractivity contribution in [3.05, 3.63) is 35.4 Å². The van der Waals surface area contributed by atoms with Gasteiger partial charge in [0, 0.05) is 19.7 Å². The van der Waals surface area contributed by atoms with Gasteiger partial charge in [-0.3, -0.25) is 0 Å². The van der Waals surface area contributed by atoms with Crippen LogP contribution in [0, 0.1) is 0 Å². The van der Waals surface area contributed by atoms with Gasteiger partial charge < -0.3 is 10.4 Å². The second kappa shape index (κ2) is 3.90. The molecule has 0 radical (unpaired) electrons. The van der Waals surface area contributed by atoms with Gasteiger partial charge in [0.2, 0.25) is 0 Å². The molecule has 1 aromatic rings. The van der Waals surface area contributed by atoms with Crippen molar-refractivity contribution in [1.29, 1.82) is 0 Å². The Morgan fingerprint density at radius 3 is 3.08 bits per heavy atom. The van der Waals surface area contributed by atoms with Crippen molar-refractivity contribution in [2.75, 3.05) is 13.2 Å². The maximum absolute atomic E-state index is 8.92. The predicted molar refractivity (Wildman–Crippen MR) is 52.6 cm³/mol. The van der Waals surface area contributed by atoms with Crippen LogP contribution >= 0.6 is 0 Å². The van der Waals surface area contributed by atoms with E-state index < -0.39 is 0 Å². The zero-order valence-corrected chi connectivity index (χ0v) is 7.66. The van der Waals surface area contributed by atoms with E-state index in [0.717, 1.165) is 19.5 Å². The Kier molecular flexibility index (Phi) is 2.62. The fourth-order valence-electron chi connectivity index (χ4n) is 2.00. The largest absolute Gasteiger partial charge is 0.396 e. The summed E-state index contributed by atoms with van der Waals surface area (Å²) in [6.45, 7) is 2.25. The highest BCUT2D eigenvalue weighted by Gasteiger charge is 2.18. The summed E-state index contributed by atoms with van der Waals surface area (Å²) in [6, 6.07) is 8.48. The first-order valence-corrected chi connectivity index (χ1v) is 4.81. The van der Waals surface area contributed by atoms with E-state index in [0.29, 0.717) is 5.92 Å². The Labute approximate surface area is 78.6 Å². The van der Waals surface area contributed by atoms with Gasteiger partial charge >= 0.3 is 0 Å². The van der Waals surface area contributed by atoms with E-state index in [9.17, 15) is 0 Å². The summed E-state index contributed by atoms with van der Waals surface area (Å²) in [6.07, 6.45) is 0.865. The SMILES string of the molecule is OCCC1CNCc2ccccc21. The Morgan fingerprint density at radius 2 is 2.23 bits per heavy atom. The lowest BCUT2D eigenvalue weighted by atomic mass is 9.89. The minimum Gasteiger partial charge on any atom is -0.396 e. The van der Waals surface area contributed by atoms with Crippen molar-refractivity contribution in [2.45, 2.75) is 18.9 Å². The summed E-state index contributed by atoms with van der Waals surface area (Å²) in [7, 11) is 0. The highest BCUT2D eigenvalue weighted by atomic mass is 16.3. The molecule has 2 N–H and O–H groups in total. The van der Waals surface area contributed by atoms with Gasteiger partial charge in [0.25, 0.3) is 0 Å². The first-order valence-electron chi connectivity index (χ1n) is 4.81. The number of fused-ring (bicyclic) bond motifs is 1. The molecule has 0 aromatic heterocycles. The third-order valence-corrected chi connectivity index (χ3v) is 2.68. The molecular formula is C11H15NO. The molecule has 70 valence electrons. The minimum atomic E-state index is 0.278. The van der Waals surface area contributed by atoms with Gasteiger partial charge in [0.15, 0.2) is 0 Å². The molecule has 1 atom stereocenters. The lowest BCUT2D eigenvalue weighted by molar-refractivity contribution is 0.271. The quantitative estimate of drug-likeness (QED) is 0.712. The van der Waals surface area contributed by atoms with Crippen LogP contribution in [-0.4, -0.2) is 18.3 Å². The molecule has 13 heavy (non-hydrogen) atoms. The number of aliphatic hydroxyl groups excluding tert-OH is 1. The zero-order valence-electron chi connectivity index (χ0n) is 7.66. The molecule has 0 bridgehead atoms. The Bertz CT molecular complexity index is 285. The molecule has 1 heterocycles. The standard InChI is InChI=1S/C11H15NO/c13-6-5-10-8-12-7-9-3-1-2-4-11(9)10/h1-4,10,12-13H,5-8H2. The van der Waals surface area contributed by atoms with Gasteiger partial charge in [0.1, 0.15) is 0 Å². The van der Waals surface area contributed by atoms with E-state index in [4.69, 9.17) is 5.11 Å². The summed E-state index contributed by atoms with van der Waals surface area (Å²) in [5.41, 5.74) is 2.79. The number of nitrogens with one attached hydrogen (secondary N) is 1. The highest BCUT2D eigenvalue weighted by Crippen LogP contribution is 2.25. The summed E-state index contributed by atoms with van der Waals surface area (Å²) >= 11 is 0. The van der Waals surface area contributed by atoms with Crippen molar-refractivity contribution in [3.63, 3.8) is 0 Å². The first kappa shape index (κ1) is 8.73. The van der Waals surface area contributed by atoms with Crippen LogP contribution in [0.2, 0.25) is 0 Å². The Hall–Kier alpha value is -0.860. The molecule has 0 saturated heterocycles. The van der Waals surface area contributed by atoms with Crippen LogP contribution in [0.4, 0.5) is 0 Å². The normalized spacial score (nSPS) is 21.2. The molecular weight excluding hydrogens is 162 g/mol. The minimum absolute atomic E-state index is 0.278. The lowest BCUT2D eigenvalue weighted by Gasteiger charge is -2.25. The molecule has 0 aliphatic carbocycles. The van der Waals surface area contributed by atoms with Crippen LogP contribution < -0.4 is 5.32 Å². The average molecular weight is 177 g/mol. The summed E-state index contributed by atoms with van der Waals surface area (Å²) in [5, 5.41) is 12.3. The summed E-state index contributed by atoms with van der Waals surface area (Å²) in [5.74, 6) is 0.495. The fraction of sp³-hybridized carbons (Fsp3) is 0.455. The molecule has 2 nitrogen and oxygen atoms in total. The van der Waals surface area contributed by atoms with E-state index >= 15 is 0 Å². The van der Waals surface area contributed by atoms with Crippen LogP contribution in [0.5, 0.6) is 0 Å². The fourth-order valence-corrected chi connectivity index (χ4v) is 2.00. The zero-order chi connectivity index (χ0) is 9.10. The van der Waals surface area contributed by atoms with Crippen molar-refractivity contribution >= 4 is 0 Å². The first-order chi connectivity index (χ1) is 6.42. The molecule has 1 aliphatic heterocycles. The van der Waals surface area contributed by atoms with Crippen molar-refractivity contribution in [3.8, 4) is 0 Å². The molecule has 0 amide bonds. The third-order valence-electron chi connectivity index (χ3n) is 2.68. The maximum Gasteiger partial charge on any atom is 0.0437 e. The van der Waals surface area contributed by atoms with Crippen molar-refractivity contribution in [1.82, 2.24) is 5.32 Å². The van der Waals surface area contributed by atoms with Gasteiger partial charge in [-0.05, 0) is 23.5 Å². The number of hydrogen-bond donors (Lipinski definition) is 2. The second-order valence-corrected chi connectivity index (χ2v) is 3.54. The Balaban J connectivity index is 2.26. The van der Waals surface area contributed by atoms with Crippen LogP contribution in [0.15, 0.2) is 24.3 Å². The second-order valence-electron chi connectivity index (χ2n) is 3.54. The van der Waals surface area contributed by atoms with E-state index in [1.165, 1.54) is 11.1 Å². The maximum atomic E-state index is 8.92. The van der Waals surface area contributed by atoms with Crippen molar-refractivity contribution < 1.29 is 5.11 Å². The molecule has 2 heteroatoms. The van der Waals surface area contributed by atoms with Gasteiger partial charge in [-0.15, -0.1) is 0 Å². The van der Waals surface area contributed by atoms with E-state index in [1.807, 2.05) is 0 Å². The number of hydrogen-bond acceptors (Lipinski definition) is 2. The van der Waals surface area contributed by atoms with E-state index in [-0.39, 0.29) is 6.61 Å². The highest BCUT2D eigenvalue weighted by molar-refractivity contribution is 5.32. The molecule has 0 fully saturated rings. The summed E-state index contributed by atoms with van der Waals surface area (Å²) in [4.78, 5) is 0. The van der Waals surface area contributed by atoms with Crippen molar-refractivity contribution in [2.24, 2.45) is 0 Å². The molecule has 2 rings (SSSR count). The molecule has 1 aromatic carbocycles. The number of benzene rings is 1. The van der Waals surface area contributed by atoms with Gasteiger partial charge in [-0.25, -0.2) is 0 Å². The third kappa shape index (κ3) is 1.74. The van der Waals surface area contributed by atoms with Gasteiger partial charge in [-0.1, -0.05) is 24.3 Å². The number of rotatable bonds is 2. The van der Waals surface area contributed by atoms with E-state index in [1.54, 1.807) is 0 Å².